The lowest BCUT2D eigenvalue weighted by Crippen LogP contribution is -2.37. The zero-order valence-corrected chi connectivity index (χ0v) is 17.2. The first-order valence-corrected chi connectivity index (χ1v) is 10.9. The Labute approximate surface area is 177 Å². The summed E-state index contributed by atoms with van der Waals surface area (Å²) in [7, 11) is 0. The first-order valence-electron chi connectivity index (χ1n) is 10.1. The number of hydrogen-bond acceptors (Lipinski definition) is 4. The Hall–Kier alpha value is -2.77. The van der Waals surface area contributed by atoms with E-state index in [0.29, 0.717) is 25.2 Å². The first-order chi connectivity index (χ1) is 14.6. The topological polar surface area (TPSA) is 51.5 Å². The third-order valence-electron chi connectivity index (χ3n) is 5.72. The van der Waals surface area contributed by atoms with Crippen molar-refractivity contribution in [3.8, 4) is 5.69 Å². The van der Waals surface area contributed by atoms with Gasteiger partial charge in [0.2, 0.25) is 0 Å². The van der Waals surface area contributed by atoms with E-state index in [9.17, 15) is 14.0 Å². The highest BCUT2D eigenvalue weighted by molar-refractivity contribution is 7.14. The molecule has 0 N–H and O–H groups in total. The highest BCUT2D eigenvalue weighted by Crippen LogP contribution is 2.34. The molecule has 2 aromatic heterocycles. The normalized spacial score (nSPS) is 18.4. The Kier molecular flexibility index (Phi) is 5.00. The van der Waals surface area contributed by atoms with Gasteiger partial charge < -0.3 is 9.64 Å². The van der Waals surface area contributed by atoms with E-state index in [1.165, 1.54) is 28.0 Å². The van der Waals surface area contributed by atoms with Crippen molar-refractivity contribution in [2.45, 2.75) is 31.9 Å². The molecule has 0 radical (unpaired) electrons. The van der Waals surface area contributed by atoms with Gasteiger partial charge in [-0.3, -0.25) is 14.2 Å². The number of nitrogens with zero attached hydrogens (tertiary/aromatic N) is 2. The molecular weight excluding hydrogens is 403 g/mol. The minimum atomic E-state index is -0.347. The third-order valence-corrected chi connectivity index (χ3v) is 6.89. The highest BCUT2D eigenvalue weighted by Gasteiger charge is 2.26. The van der Waals surface area contributed by atoms with Gasteiger partial charge >= 0.3 is 0 Å². The number of benzene rings is 1. The number of thiophene rings is 1. The summed E-state index contributed by atoms with van der Waals surface area (Å²) in [5, 5.41) is 0. The number of halogens is 1. The molecule has 1 unspecified atom stereocenters. The smallest absolute Gasteiger partial charge is 0.264 e. The van der Waals surface area contributed by atoms with Crippen molar-refractivity contribution in [1.29, 1.82) is 0 Å². The van der Waals surface area contributed by atoms with E-state index in [-0.39, 0.29) is 23.4 Å². The molecule has 0 saturated carbocycles. The highest BCUT2D eigenvalue weighted by atomic mass is 32.1. The molecule has 5 rings (SSSR count). The fourth-order valence-electron chi connectivity index (χ4n) is 4.10. The van der Waals surface area contributed by atoms with E-state index in [2.05, 4.69) is 0 Å². The quantitative estimate of drug-likeness (QED) is 0.636. The zero-order chi connectivity index (χ0) is 20.7. The fraction of sp³-hybridized carbons (Fsp3) is 0.304. The van der Waals surface area contributed by atoms with Crippen LogP contribution < -0.4 is 5.56 Å². The van der Waals surface area contributed by atoms with E-state index in [1.54, 1.807) is 24.4 Å². The van der Waals surface area contributed by atoms with Gasteiger partial charge in [-0.25, -0.2) is 4.39 Å². The van der Waals surface area contributed by atoms with Gasteiger partial charge in [-0.2, -0.15) is 0 Å². The monoisotopic (exact) mass is 424 g/mol. The largest absolute Gasteiger partial charge is 0.373 e. The number of carbonyl (C=O) groups excluding carboxylic acids is 1. The molecule has 1 saturated heterocycles. The van der Waals surface area contributed by atoms with Crippen molar-refractivity contribution in [3.05, 3.63) is 85.7 Å². The van der Waals surface area contributed by atoms with Crippen LogP contribution >= 0.6 is 11.3 Å². The molecule has 7 heteroatoms. The predicted molar refractivity (Wildman–Crippen MR) is 113 cm³/mol. The number of rotatable bonds is 3. The number of carbonyl (C=O) groups is 1. The maximum atomic E-state index is 13.2. The lowest BCUT2D eigenvalue weighted by atomic mass is 10.0. The van der Waals surface area contributed by atoms with Gasteiger partial charge in [0.1, 0.15) is 5.82 Å². The molecule has 1 atom stereocenters. The molecule has 0 aliphatic carbocycles. The van der Waals surface area contributed by atoms with Crippen molar-refractivity contribution >= 4 is 17.2 Å². The van der Waals surface area contributed by atoms with E-state index in [0.717, 1.165) is 40.3 Å². The molecule has 30 heavy (non-hydrogen) atoms. The van der Waals surface area contributed by atoms with E-state index in [4.69, 9.17) is 4.74 Å². The van der Waals surface area contributed by atoms with Crippen LogP contribution in [0.1, 0.15) is 44.6 Å². The molecule has 0 spiro atoms. The Morgan fingerprint density at radius 2 is 1.97 bits per heavy atom. The van der Waals surface area contributed by atoms with Gasteiger partial charge in [-0.05, 0) is 66.8 Å². The van der Waals surface area contributed by atoms with Crippen molar-refractivity contribution in [1.82, 2.24) is 9.47 Å². The Morgan fingerprint density at radius 3 is 2.73 bits per heavy atom. The molecule has 2 aliphatic heterocycles. The Balaban J connectivity index is 1.39. The lowest BCUT2D eigenvalue weighted by Gasteiger charge is -2.29. The molecular formula is C23H21FN2O3S. The second-order valence-corrected chi connectivity index (χ2v) is 8.80. The second-order valence-electron chi connectivity index (χ2n) is 7.69. The number of ether oxygens (including phenoxy) is 1. The van der Waals surface area contributed by atoms with Crippen LogP contribution in [0.15, 0.2) is 53.5 Å². The van der Waals surface area contributed by atoms with E-state index in [1.807, 2.05) is 17.0 Å². The first kappa shape index (κ1) is 19.2. The molecule has 4 heterocycles. The summed E-state index contributed by atoms with van der Waals surface area (Å²) < 4.78 is 20.5. The van der Waals surface area contributed by atoms with Crippen LogP contribution in [-0.4, -0.2) is 28.5 Å². The standard InChI is InChI=1S/C23H21FN2O3S/c24-17-3-5-18(6-4-17)26-14-16-13-25(10-9-15(16)12-22(26)27)23(28)21-8-7-20(30-21)19-2-1-11-29-19/h3-8,12,14,19H,1-2,9-11,13H2. The zero-order valence-electron chi connectivity index (χ0n) is 16.3. The van der Waals surface area contributed by atoms with Crippen LogP contribution in [0.2, 0.25) is 0 Å². The summed E-state index contributed by atoms with van der Waals surface area (Å²) in [6.45, 7) is 1.81. The molecule has 3 aromatic rings. The van der Waals surface area contributed by atoms with Gasteiger partial charge in [0.25, 0.3) is 11.5 Å². The van der Waals surface area contributed by atoms with E-state index >= 15 is 0 Å². The summed E-state index contributed by atoms with van der Waals surface area (Å²) >= 11 is 1.51. The van der Waals surface area contributed by atoms with Crippen LogP contribution in [0.25, 0.3) is 5.69 Å². The lowest BCUT2D eigenvalue weighted by molar-refractivity contribution is 0.0739. The van der Waals surface area contributed by atoms with Crippen LogP contribution in [-0.2, 0) is 17.7 Å². The second kappa shape index (κ2) is 7.81. The van der Waals surface area contributed by atoms with Crippen molar-refractivity contribution < 1.29 is 13.9 Å². The molecule has 2 aliphatic rings. The summed E-state index contributed by atoms with van der Waals surface area (Å²) in [5.41, 5.74) is 2.36. The molecule has 154 valence electrons. The average molecular weight is 424 g/mol. The average Bonchev–Trinajstić information content (AvgIpc) is 3.45. The third kappa shape index (κ3) is 3.59. The van der Waals surface area contributed by atoms with Gasteiger partial charge in [0.15, 0.2) is 0 Å². The number of hydrogen-bond donors (Lipinski definition) is 0. The van der Waals surface area contributed by atoms with Crippen LogP contribution in [0.4, 0.5) is 4.39 Å². The summed E-state index contributed by atoms with van der Waals surface area (Å²) in [5.74, 6) is -0.339. The molecule has 1 aromatic carbocycles. The molecule has 0 bridgehead atoms. The number of fused-ring (bicyclic) bond motifs is 1. The molecule has 5 nitrogen and oxygen atoms in total. The Morgan fingerprint density at radius 1 is 1.13 bits per heavy atom. The maximum absolute atomic E-state index is 13.2. The summed E-state index contributed by atoms with van der Waals surface area (Å²) in [4.78, 5) is 29.3. The van der Waals surface area contributed by atoms with Gasteiger partial charge in [0, 0.05) is 42.5 Å². The molecule has 1 fully saturated rings. The Bertz CT molecular complexity index is 1150. The van der Waals surface area contributed by atoms with Gasteiger partial charge in [-0.1, -0.05) is 0 Å². The molecule has 1 amide bonds. The minimum absolute atomic E-state index is 0.00873. The van der Waals surface area contributed by atoms with Crippen molar-refractivity contribution in [2.24, 2.45) is 0 Å². The minimum Gasteiger partial charge on any atom is -0.373 e. The van der Waals surface area contributed by atoms with E-state index < -0.39 is 0 Å². The van der Waals surface area contributed by atoms with Gasteiger partial charge in [0.05, 0.1) is 11.0 Å². The van der Waals surface area contributed by atoms with Crippen LogP contribution in [0.3, 0.4) is 0 Å². The maximum Gasteiger partial charge on any atom is 0.264 e. The van der Waals surface area contributed by atoms with Crippen molar-refractivity contribution in [2.75, 3.05) is 13.2 Å². The van der Waals surface area contributed by atoms with Gasteiger partial charge in [-0.15, -0.1) is 11.3 Å². The SMILES string of the molecule is O=C(c1ccc(C2CCCO2)s1)N1CCc2cc(=O)n(-c3ccc(F)cc3)cc2C1. The number of aromatic nitrogens is 1. The van der Waals surface area contributed by atoms with Crippen molar-refractivity contribution in [3.63, 3.8) is 0 Å². The summed E-state index contributed by atoms with van der Waals surface area (Å²) in [6, 6.07) is 11.3. The number of pyridine rings is 1. The summed E-state index contributed by atoms with van der Waals surface area (Å²) in [6.07, 6.45) is 4.60. The van der Waals surface area contributed by atoms with Crippen LogP contribution in [0.5, 0.6) is 0 Å². The number of amides is 1. The van der Waals surface area contributed by atoms with Crippen LogP contribution in [0, 0.1) is 5.82 Å². The predicted octanol–water partition coefficient (Wildman–Crippen LogP) is 4.09. The fourth-order valence-corrected chi connectivity index (χ4v) is 5.16.